The number of amides is 1. The fourth-order valence-electron chi connectivity index (χ4n) is 4.63. The first-order valence-electron chi connectivity index (χ1n) is 12.7. The topological polar surface area (TPSA) is 96.1 Å². The van der Waals surface area contributed by atoms with E-state index in [0.29, 0.717) is 31.3 Å². The first-order valence-corrected chi connectivity index (χ1v) is 12.7. The number of ether oxygens (including phenoxy) is 3. The number of carbonyl (C=O) groups excluding carboxylic acids is 1. The van der Waals surface area contributed by atoms with Gasteiger partial charge in [0.05, 0.1) is 18.8 Å². The van der Waals surface area contributed by atoms with Crippen molar-refractivity contribution in [3.05, 3.63) is 82.3 Å². The van der Waals surface area contributed by atoms with Gasteiger partial charge in [0.15, 0.2) is 11.5 Å². The maximum absolute atomic E-state index is 12.7. The Morgan fingerprint density at radius 1 is 1.03 bits per heavy atom. The molecule has 37 heavy (non-hydrogen) atoms. The average Bonchev–Trinajstić information content (AvgIpc) is 2.93. The lowest BCUT2D eigenvalue weighted by Crippen LogP contribution is -2.46. The minimum atomic E-state index is -0.433. The molecule has 0 spiro atoms. The molecule has 1 saturated heterocycles. The normalized spacial score (nSPS) is 17.3. The molecule has 1 fully saturated rings. The third-order valence-corrected chi connectivity index (χ3v) is 6.54. The van der Waals surface area contributed by atoms with Gasteiger partial charge < -0.3 is 29.4 Å². The molecular weight excluding hydrogens is 472 g/mol. The summed E-state index contributed by atoms with van der Waals surface area (Å²) >= 11 is 0. The van der Waals surface area contributed by atoms with E-state index in [1.165, 1.54) is 0 Å². The van der Waals surface area contributed by atoms with Gasteiger partial charge in [-0.1, -0.05) is 24.3 Å². The average molecular weight is 505 g/mol. The Balaban J connectivity index is 1.12. The number of pyridine rings is 1. The second kappa shape index (κ2) is 11.4. The van der Waals surface area contributed by atoms with Gasteiger partial charge in [0.25, 0.3) is 11.5 Å². The SMILES string of the molecule is CCOc1ccccc1N1CCN(Cc2ccc(C(=O)NCC3COc4ccccc4O3)c(=O)[nH]2)CC1. The number of fused-ring (bicyclic) bond motifs is 1. The number of para-hydroxylation sites is 4. The minimum absolute atomic E-state index is 0.0817. The molecule has 1 aromatic heterocycles. The third kappa shape index (κ3) is 5.89. The van der Waals surface area contributed by atoms with Gasteiger partial charge in [-0.05, 0) is 43.3 Å². The van der Waals surface area contributed by atoms with Crippen molar-refractivity contribution in [3.8, 4) is 17.2 Å². The van der Waals surface area contributed by atoms with E-state index in [1.807, 2.05) is 55.5 Å². The van der Waals surface area contributed by atoms with Crippen LogP contribution in [0.3, 0.4) is 0 Å². The molecule has 0 aliphatic carbocycles. The van der Waals surface area contributed by atoms with Crippen LogP contribution in [-0.2, 0) is 6.54 Å². The van der Waals surface area contributed by atoms with Crippen LogP contribution in [0.2, 0.25) is 0 Å². The molecular formula is C28H32N4O5. The van der Waals surface area contributed by atoms with E-state index in [4.69, 9.17) is 14.2 Å². The monoisotopic (exact) mass is 504 g/mol. The van der Waals surface area contributed by atoms with Crippen LogP contribution < -0.4 is 30.0 Å². The summed E-state index contributed by atoms with van der Waals surface area (Å²) in [6, 6.07) is 18.9. The molecule has 1 unspecified atom stereocenters. The van der Waals surface area contributed by atoms with E-state index >= 15 is 0 Å². The van der Waals surface area contributed by atoms with Crippen LogP contribution in [0.5, 0.6) is 17.2 Å². The van der Waals surface area contributed by atoms with Crippen molar-refractivity contribution < 1.29 is 19.0 Å². The van der Waals surface area contributed by atoms with Gasteiger partial charge in [0.2, 0.25) is 0 Å². The summed E-state index contributed by atoms with van der Waals surface area (Å²) in [7, 11) is 0. The minimum Gasteiger partial charge on any atom is -0.492 e. The van der Waals surface area contributed by atoms with Gasteiger partial charge in [-0.15, -0.1) is 0 Å². The fourth-order valence-corrected chi connectivity index (χ4v) is 4.63. The molecule has 1 amide bonds. The molecule has 3 heterocycles. The zero-order valence-corrected chi connectivity index (χ0v) is 20.9. The van der Waals surface area contributed by atoms with Crippen LogP contribution in [0.1, 0.15) is 23.0 Å². The summed E-state index contributed by atoms with van der Waals surface area (Å²) in [5.41, 5.74) is 1.58. The van der Waals surface area contributed by atoms with Crippen molar-refractivity contribution in [2.75, 3.05) is 50.8 Å². The number of aromatic nitrogens is 1. The van der Waals surface area contributed by atoms with E-state index in [9.17, 15) is 9.59 Å². The predicted octanol–water partition coefficient (Wildman–Crippen LogP) is 2.67. The van der Waals surface area contributed by atoms with Crippen LogP contribution in [0.4, 0.5) is 5.69 Å². The predicted molar refractivity (Wildman–Crippen MR) is 141 cm³/mol. The lowest BCUT2D eigenvalue weighted by molar-refractivity contribution is 0.0788. The second-order valence-electron chi connectivity index (χ2n) is 9.10. The number of aromatic amines is 1. The van der Waals surface area contributed by atoms with E-state index < -0.39 is 11.5 Å². The zero-order valence-electron chi connectivity index (χ0n) is 20.9. The number of nitrogens with zero attached hydrogens (tertiary/aromatic N) is 2. The van der Waals surface area contributed by atoms with Crippen molar-refractivity contribution in [1.82, 2.24) is 15.2 Å². The van der Waals surface area contributed by atoms with Crippen molar-refractivity contribution in [2.24, 2.45) is 0 Å². The molecule has 0 radical (unpaired) electrons. The number of benzene rings is 2. The number of hydrogen-bond acceptors (Lipinski definition) is 7. The van der Waals surface area contributed by atoms with Gasteiger partial charge in [-0.2, -0.15) is 0 Å². The number of H-pyrrole nitrogens is 1. The second-order valence-corrected chi connectivity index (χ2v) is 9.10. The lowest BCUT2D eigenvalue weighted by Gasteiger charge is -2.36. The van der Waals surface area contributed by atoms with Gasteiger partial charge in [-0.25, -0.2) is 0 Å². The van der Waals surface area contributed by atoms with Gasteiger partial charge in [0.1, 0.15) is 24.0 Å². The number of anilines is 1. The Morgan fingerprint density at radius 3 is 2.57 bits per heavy atom. The van der Waals surface area contributed by atoms with Crippen LogP contribution in [0.25, 0.3) is 0 Å². The Bertz CT molecular complexity index is 1290. The highest BCUT2D eigenvalue weighted by molar-refractivity contribution is 5.93. The number of nitrogens with one attached hydrogen (secondary N) is 2. The number of piperazine rings is 1. The molecule has 5 rings (SSSR count). The number of carbonyl (C=O) groups is 1. The molecule has 194 valence electrons. The Kier molecular flexibility index (Phi) is 7.60. The molecule has 9 heteroatoms. The molecule has 0 bridgehead atoms. The zero-order chi connectivity index (χ0) is 25.6. The van der Waals surface area contributed by atoms with Crippen LogP contribution in [0, 0.1) is 0 Å². The van der Waals surface area contributed by atoms with E-state index in [-0.39, 0.29) is 18.2 Å². The summed E-state index contributed by atoms with van der Waals surface area (Å²) in [5, 5.41) is 2.78. The molecule has 2 aliphatic rings. The molecule has 2 aliphatic heterocycles. The van der Waals surface area contributed by atoms with Gasteiger partial charge in [-0.3, -0.25) is 14.5 Å². The Labute approximate surface area is 216 Å². The smallest absolute Gasteiger partial charge is 0.261 e. The maximum Gasteiger partial charge on any atom is 0.261 e. The molecule has 3 aromatic rings. The lowest BCUT2D eigenvalue weighted by atomic mass is 10.2. The van der Waals surface area contributed by atoms with Crippen molar-refractivity contribution in [3.63, 3.8) is 0 Å². The Morgan fingerprint density at radius 2 is 1.78 bits per heavy atom. The summed E-state index contributed by atoms with van der Waals surface area (Å²) in [5.74, 6) is 1.81. The summed E-state index contributed by atoms with van der Waals surface area (Å²) < 4.78 is 17.3. The van der Waals surface area contributed by atoms with Gasteiger partial charge >= 0.3 is 0 Å². The van der Waals surface area contributed by atoms with Crippen molar-refractivity contribution in [1.29, 1.82) is 0 Å². The number of rotatable bonds is 8. The molecule has 9 nitrogen and oxygen atoms in total. The van der Waals surface area contributed by atoms with Crippen molar-refractivity contribution in [2.45, 2.75) is 19.6 Å². The highest BCUT2D eigenvalue weighted by atomic mass is 16.6. The Hall–Kier alpha value is -3.98. The quantitative estimate of drug-likeness (QED) is 0.487. The molecule has 2 N–H and O–H groups in total. The fraction of sp³-hybridized carbons (Fsp3) is 0.357. The van der Waals surface area contributed by atoms with Crippen LogP contribution in [0.15, 0.2) is 65.5 Å². The van der Waals surface area contributed by atoms with Crippen LogP contribution in [-0.4, -0.2) is 67.8 Å². The first-order chi connectivity index (χ1) is 18.1. The number of hydrogen-bond donors (Lipinski definition) is 2. The first kappa shape index (κ1) is 24.7. The molecule has 1 atom stereocenters. The maximum atomic E-state index is 12.7. The highest BCUT2D eigenvalue weighted by Crippen LogP contribution is 2.31. The van der Waals surface area contributed by atoms with Crippen molar-refractivity contribution >= 4 is 11.6 Å². The van der Waals surface area contributed by atoms with E-state index in [1.54, 1.807) is 6.07 Å². The van der Waals surface area contributed by atoms with Gasteiger partial charge in [0, 0.05) is 38.4 Å². The summed E-state index contributed by atoms with van der Waals surface area (Å²) in [4.78, 5) is 32.8. The summed E-state index contributed by atoms with van der Waals surface area (Å²) in [6.45, 7) is 7.26. The third-order valence-electron chi connectivity index (χ3n) is 6.54. The standard InChI is InChI=1S/C28H32N4O5/c1-2-35-24-8-4-3-7-23(24)32-15-13-31(14-16-32)18-20-11-12-22(28(34)30-20)27(33)29-17-21-19-36-25-9-5-6-10-26(25)37-21/h3-12,21H,2,13-19H2,1H3,(H,29,33)(H,30,34). The molecule has 2 aromatic carbocycles. The van der Waals surface area contributed by atoms with E-state index in [2.05, 4.69) is 26.2 Å². The van der Waals surface area contributed by atoms with Crippen LogP contribution >= 0.6 is 0 Å². The summed E-state index contributed by atoms with van der Waals surface area (Å²) in [6.07, 6.45) is -0.323. The van der Waals surface area contributed by atoms with E-state index in [0.717, 1.165) is 43.3 Å². The highest BCUT2D eigenvalue weighted by Gasteiger charge is 2.23. The largest absolute Gasteiger partial charge is 0.492 e. The molecule has 0 saturated carbocycles.